The van der Waals surface area contributed by atoms with Gasteiger partial charge in [0, 0.05) is 17.1 Å². The van der Waals surface area contributed by atoms with E-state index in [4.69, 9.17) is 0 Å². The fraction of sp³-hybridized carbons (Fsp3) is 0.0667. The molecule has 0 bridgehead atoms. The first-order valence-corrected chi connectivity index (χ1v) is 5.64. The largest absolute Gasteiger partial charge is 0.686 e. The number of carbonyl (C=O) groups is 1. The molecule has 0 saturated heterocycles. The van der Waals surface area contributed by atoms with Crippen molar-refractivity contribution in [2.75, 3.05) is 0 Å². The van der Waals surface area contributed by atoms with E-state index in [9.17, 15) is 4.79 Å². The molecule has 0 fully saturated rings. The molecule has 1 heterocycles. The van der Waals surface area contributed by atoms with Gasteiger partial charge in [-0.15, -0.1) is 5.16 Å². The summed E-state index contributed by atoms with van der Waals surface area (Å²) in [5.41, 5.74) is 2.15. The summed E-state index contributed by atoms with van der Waals surface area (Å²) in [5, 5.41) is 3.58. The molecule has 0 amide bonds. The zero-order valence-corrected chi connectivity index (χ0v) is 11.5. The van der Waals surface area contributed by atoms with E-state index in [-0.39, 0.29) is 23.0 Å². The predicted molar refractivity (Wildman–Crippen MR) is 71.2 cm³/mol. The van der Waals surface area contributed by atoms with Crippen LogP contribution in [0, 0.1) is 0 Å². The van der Waals surface area contributed by atoms with Crippen molar-refractivity contribution in [2.45, 2.75) is 6.92 Å². The maximum atomic E-state index is 11.1. The van der Waals surface area contributed by atoms with Crippen LogP contribution in [0.4, 0.5) is 0 Å². The predicted octanol–water partition coefficient (Wildman–Crippen LogP) is 3.12. The first-order chi connectivity index (χ1) is 8.77. The van der Waals surface area contributed by atoms with Crippen molar-refractivity contribution in [1.82, 2.24) is 0 Å². The summed E-state index contributed by atoms with van der Waals surface area (Å²) in [4.78, 5) is 15.6. The molecule has 3 nitrogen and oxygen atoms in total. The Kier molecular flexibility index (Phi) is 6.00. The van der Waals surface area contributed by atoms with E-state index in [2.05, 4.69) is 9.99 Å². The molecule has 2 aromatic rings. The molecular weight excluding hydrogens is 282 g/mol. The van der Waals surface area contributed by atoms with Crippen LogP contribution in [0.1, 0.15) is 12.5 Å². The van der Waals surface area contributed by atoms with Gasteiger partial charge in [-0.2, -0.15) is 18.2 Å². The smallest absolute Gasteiger partial charge is 0.228 e. The molecule has 0 saturated carbocycles. The average molecular weight is 295 g/mol. The van der Waals surface area contributed by atoms with Crippen LogP contribution in [-0.2, 0) is 26.7 Å². The Morgan fingerprint density at radius 1 is 1.26 bits per heavy atom. The van der Waals surface area contributed by atoms with Gasteiger partial charge in [0.15, 0.2) is 0 Å². The molecule has 0 aromatic heterocycles. The molecule has 0 spiro atoms. The van der Waals surface area contributed by atoms with Crippen molar-refractivity contribution in [3.05, 3.63) is 65.7 Å². The van der Waals surface area contributed by atoms with Crippen LogP contribution in [0.15, 0.2) is 65.3 Å². The molecule has 1 aliphatic rings. The van der Waals surface area contributed by atoms with E-state index < -0.39 is 0 Å². The van der Waals surface area contributed by atoms with E-state index in [0.717, 1.165) is 5.56 Å². The molecule has 0 unspecified atom stereocenters. The van der Waals surface area contributed by atoms with Gasteiger partial charge in [0.1, 0.15) is 0 Å². The second-order valence-corrected chi connectivity index (χ2v) is 3.79. The van der Waals surface area contributed by atoms with Crippen molar-refractivity contribution in [2.24, 2.45) is 5.16 Å². The first-order valence-electron chi connectivity index (χ1n) is 5.64. The summed E-state index contributed by atoms with van der Waals surface area (Å²) >= 11 is 0. The monoisotopic (exact) mass is 295 g/mol. The van der Waals surface area contributed by atoms with Crippen molar-refractivity contribution in [3.8, 4) is 0 Å². The van der Waals surface area contributed by atoms with Gasteiger partial charge >= 0.3 is 0 Å². The van der Waals surface area contributed by atoms with Gasteiger partial charge in [0.2, 0.25) is 5.97 Å². The topological polar surface area (TPSA) is 38.7 Å². The third kappa shape index (κ3) is 4.36. The average Bonchev–Trinajstić information content (AvgIpc) is 3.08. The van der Waals surface area contributed by atoms with Gasteiger partial charge in [-0.25, -0.2) is 12.1 Å². The van der Waals surface area contributed by atoms with Crippen molar-refractivity contribution >= 4 is 17.8 Å². The third-order valence-electron chi connectivity index (χ3n) is 2.43. The summed E-state index contributed by atoms with van der Waals surface area (Å²) in [6, 6.07) is 17.7. The molecule has 19 heavy (non-hydrogen) atoms. The van der Waals surface area contributed by atoms with Crippen LogP contribution in [-0.4, -0.2) is 11.7 Å². The van der Waals surface area contributed by atoms with E-state index in [1.807, 2.05) is 54.6 Å². The van der Waals surface area contributed by atoms with Crippen LogP contribution in [0.3, 0.4) is 0 Å². The number of carbonyl (C=O) groups excluding carboxylic acids is 1. The van der Waals surface area contributed by atoms with Gasteiger partial charge in [-0.3, -0.25) is 10.4 Å². The standard InChI is InChI=1S/C10H8NO2.C5H5.Fe/c1-7-9(10(12)13-11-7)6-8-4-2-3-5-8;1-2-4-5-3-1;/h2-6H,1H3;1-5H;/q-5;-1;/b9-6-;;. The Morgan fingerprint density at radius 3 is 2.32 bits per heavy atom. The molecule has 0 N–H and O–H groups in total. The third-order valence-corrected chi connectivity index (χ3v) is 2.43. The number of rotatable bonds is 1. The van der Waals surface area contributed by atoms with Crippen molar-refractivity contribution in [1.29, 1.82) is 0 Å². The SMILES string of the molecule is CC1=NOC(=O)/C1=C\[c-]1[cH-][cH-][cH-][cH-]1.[Fe].c1cc[cH-]c1. The molecular formula is C15H13FeNO2-6. The second-order valence-electron chi connectivity index (χ2n) is 3.79. The van der Waals surface area contributed by atoms with Crippen LogP contribution < -0.4 is 0 Å². The minimum absolute atomic E-state index is 0. The molecule has 1 aliphatic heterocycles. The van der Waals surface area contributed by atoms with Gasteiger partial charge in [-0.05, 0) is 6.92 Å². The second kappa shape index (κ2) is 7.52. The normalized spacial score (nSPS) is 15.1. The molecule has 4 heteroatoms. The number of nitrogens with zero attached hydrogens (tertiary/aromatic N) is 1. The van der Waals surface area contributed by atoms with Gasteiger partial charge in [-0.1, -0.05) is 5.71 Å². The molecule has 2 aromatic carbocycles. The summed E-state index contributed by atoms with van der Waals surface area (Å²) in [6.45, 7) is 1.75. The van der Waals surface area contributed by atoms with Crippen LogP contribution in [0.2, 0.25) is 0 Å². The van der Waals surface area contributed by atoms with Gasteiger partial charge < -0.3 is 40.7 Å². The zero-order chi connectivity index (χ0) is 12.8. The molecule has 0 atom stereocenters. The summed E-state index contributed by atoms with van der Waals surface area (Å²) < 4.78 is 0. The quantitative estimate of drug-likeness (QED) is 0.351. The maximum Gasteiger partial charge on any atom is 0.228 e. The number of hydrogen-bond acceptors (Lipinski definition) is 3. The number of oxime groups is 1. The van der Waals surface area contributed by atoms with Crippen LogP contribution >= 0.6 is 0 Å². The fourth-order valence-corrected chi connectivity index (χ4v) is 1.49. The fourth-order valence-electron chi connectivity index (χ4n) is 1.49. The molecule has 0 radical (unpaired) electrons. The van der Waals surface area contributed by atoms with E-state index >= 15 is 0 Å². The Bertz CT molecular complexity index is 534. The van der Waals surface area contributed by atoms with E-state index in [1.54, 1.807) is 13.0 Å². The summed E-state index contributed by atoms with van der Waals surface area (Å²) in [7, 11) is 0. The van der Waals surface area contributed by atoms with Crippen molar-refractivity contribution < 1.29 is 26.7 Å². The molecule has 3 rings (SSSR count). The van der Waals surface area contributed by atoms with Gasteiger partial charge in [0.05, 0.1) is 0 Å². The minimum Gasteiger partial charge on any atom is -0.686 e. The first kappa shape index (κ1) is 15.2. The van der Waals surface area contributed by atoms with E-state index in [0.29, 0.717) is 11.3 Å². The van der Waals surface area contributed by atoms with E-state index in [1.165, 1.54) is 0 Å². The zero-order valence-electron chi connectivity index (χ0n) is 10.4. The summed E-state index contributed by atoms with van der Waals surface area (Å²) in [5.74, 6) is -0.376. The molecule has 104 valence electrons. The Labute approximate surface area is 122 Å². The van der Waals surface area contributed by atoms with Crippen LogP contribution in [0.25, 0.3) is 6.08 Å². The van der Waals surface area contributed by atoms with Gasteiger partial charge in [0.25, 0.3) is 0 Å². The molecule has 0 aliphatic carbocycles. The van der Waals surface area contributed by atoms with Crippen LogP contribution in [0.5, 0.6) is 0 Å². The van der Waals surface area contributed by atoms with Crippen molar-refractivity contribution in [3.63, 3.8) is 0 Å². The number of hydrogen-bond donors (Lipinski definition) is 0. The Balaban J connectivity index is 0.000000256. The Morgan fingerprint density at radius 2 is 1.89 bits per heavy atom. The Hall–Kier alpha value is -1.90. The maximum absolute atomic E-state index is 11.1. The minimum atomic E-state index is -0.376. The summed E-state index contributed by atoms with van der Waals surface area (Å²) in [6.07, 6.45) is 1.77.